The van der Waals surface area contributed by atoms with Gasteiger partial charge in [-0.1, -0.05) is 26.0 Å². The lowest BCUT2D eigenvalue weighted by Crippen LogP contribution is -2.49. The number of nitrogens with zero attached hydrogens (tertiary/aromatic N) is 1. The van der Waals surface area contributed by atoms with Crippen LogP contribution in [0, 0.1) is 17.5 Å². The van der Waals surface area contributed by atoms with E-state index in [9.17, 15) is 22.8 Å². The second-order valence-corrected chi connectivity index (χ2v) is 8.28. The van der Waals surface area contributed by atoms with Gasteiger partial charge in [-0.05, 0) is 55.5 Å². The topological polar surface area (TPSA) is 58.6 Å². The van der Waals surface area contributed by atoms with Crippen LogP contribution in [0.5, 0.6) is 5.75 Å². The molecule has 0 saturated carbocycles. The third-order valence-electron chi connectivity index (χ3n) is 5.63. The number of carbonyl (C=O) groups excluding carboxylic acids is 2. The summed E-state index contributed by atoms with van der Waals surface area (Å²) in [4.78, 5) is 26.6. The third kappa shape index (κ3) is 5.41. The first kappa shape index (κ1) is 23.6. The predicted molar refractivity (Wildman–Crippen MR) is 114 cm³/mol. The molecule has 32 heavy (non-hydrogen) atoms. The van der Waals surface area contributed by atoms with Crippen LogP contribution in [0.15, 0.2) is 36.4 Å². The summed E-state index contributed by atoms with van der Waals surface area (Å²) in [5, 5.41) is 2.63. The fourth-order valence-electron chi connectivity index (χ4n) is 3.65. The molecule has 2 amide bonds. The maximum atomic E-state index is 13.8. The maximum absolute atomic E-state index is 13.8. The minimum atomic E-state index is -1.68. The third-order valence-corrected chi connectivity index (χ3v) is 5.63. The molecule has 1 atom stereocenters. The van der Waals surface area contributed by atoms with E-state index in [4.69, 9.17) is 4.74 Å². The molecule has 1 aliphatic rings. The molecule has 2 aromatic carbocycles. The Bertz CT molecular complexity index is 971. The summed E-state index contributed by atoms with van der Waals surface area (Å²) in [5.74, 6) is -4.48. The number of benzene rings is 2. The lowest BCUT2D eigenvalue weighted by Gasteiger charge is -2.33. The van der Waals surface area contributed by atoms with Gasteiger partial charge in [0.05, 0.1) is 5.56 Å². The lowest BCUT2D eigenvalue weighted by molar-refractivity contribution is -0.139. The summed E-state index contributed by atoms with van der Waals surface area (Å²) in [6.45, 7) is 6.68. The zero-order valence-corrected chi connectivity index (χ0v) is 18.3. The summed E-state index contributed by atoms with van der Waals surface area (Å²) in [6, 6.07) is 8.96. The lowest BCUT2D eigenvalue weighted by atomic mass is 10.0. The molecule has 1 N–H and O–H groups in total. The van der Waals surface area contributed by atoms with E-state index in [1.165, 1.54) is 5.56 Å². The van der Waals surface area contributed by atoms with Crippen LogP contribution < -0.4 is 10.1 Å². The first-order chi connectivity index (χ1) is 15.2. The molecule has 0 spiro atoms. The Morgan fingerprint density at radius 1 is 0.969 bits per heavy atom. The highest BCUT2D eigenvalue weighted by atomic mass is 19.2. The van der Waals surface area contributed by atoms with Crippen LogP contribution in [-0.4, -0.2) is 41.9 Å². The monoisotopic (exact) mass is 448 g/mol. The summed E-state index contributed by atoms with van der Waals surface area (Å²) < 4.78 is 46.0. The number of amides is 2. The van der Waals surface area contributed by atoms with Gasteiger partial charge in [-0.15, -0.1) is 0 Å². The molecular weight excluding hydrogens is 421 g/mol. The van der Waals surface area contributed by atoms with Crippen molar-refractivity contribution in [3.05, 3.63) is 65.0 Å². The van der Waals surface area contributed by atoms with Gasteiger partial charge in [0.2, 0.25) is 0 Å². The first-order valence-electron chi connectivity index (χ1n) is 10.7. The number of rotatable bonds is 6. The molecule has 0 bridgehead atoms. The number of piperidine rings is 1. The second kappa shape index (κ2) is 10.1. The molecular formula is C24H27F3N2O3. The van der Waals surface area contributed by atoms with Gasteiger partial charge in [0.15, 0.2) is 23.6 Å². The predicted octanol–water partition coefficient (Wildman–Crippen LogP) is 4.42. The first-order valence-corrected chi connectivity index (χ1v) is 10.7. The van der Waals surface area contributed by atoms with Crippen molar-refractivity contribution < 1.29 is 27.5 Å². The number of hydrogen-bond acceptors (Lipinski definition) is 3. The molecule has 8 heteroatoms. The van der Waals surface area contributed by atoms with E-state index in [0.717, 1.165) is 6.07 Å². The largest absolute Gasteiger partial charge is 0.481 e. The maximum Gasteiger partial charge on any atom is 0.263 e. The van der Waals surface area contributed by atoms with Crippen LogP contribution in [0.1, 0.15) is 55.5 Å². The number of hydrogen-bond donors (Lipinski definition) is 1. The Hall–Kier alpha value is -3.03. The quantitative estimate of drug-likeness (QED) is 0.666. The molecule has 2 aromatic rings. The molecule has 0 aliphatic carbocycles. The standard InChI is InChI=1S/C24H27F3N2O3/c1-14(2)16-4-6-18(7-5-16)32-15(3)24(31)29-12-10-17(11-13-29)28-23(30)19-8-9-20(25)22(27)21(19)26/h4-9,14-15,17H,10-13H2,1-3H3,(H,28,30). The van der Waals surface area contributed by atoms with Crippen molar-refractivity contribution in [3.8, 4) is 5.75 Å². The smallest absolute Gasteiger partial charge is 0.263 e. The molecule has 1 aliphatic heterocycles. The number of halogens is 3. The fourth-order valence-corrected chi connectivity index (χ4v) is 3.65. The van der Waals surface area contributed by atoms with Crippen molar-refractivity contribution in [2.24, 2.45) is 0 Å². The van der Waals surface area contributed by atoms with E-state index in [1.807, 2.05) is 24.3 Å². The van der Waals surface area contributed by atoms with Crippen LogP contribution in [0.2, 0.25) is 0 Å². The van der Waals surface area contributed by atoms with Crippen LogP contribution >= 0.6 is 0 Å². The molecule has 3 rings (SSSR count). The molecule has 0 aromatic heterocycles. The van der Waals surface area contributed by atoms with Crippen molar-refractivity contribution in [2.75, 3.05) is 13.1 Å². The van der Waals surface area contributed by atoms with E-state index in [2.05, 4.69) is 19.2 Å². The van der Waals surface area contributed by atoms with Crippen molar-refractivity contribution in [3.63, 3.8) is 0 Å². The number of likely N-dealkylation sites (tertiary alicyclic amines) is 1. The van der Waals surface area contributed by atoms with Crippen molar-refractivity contribution in [1.82, 2.24) is 10.2 Å². The average Bonchev–Trinajstić information content (AvgIpc) is 2.77. The Kier molecular flexibility index (Phi) is 7.43. The van der Waals surface area contributed by atoms with E-state index in [0.29, 0.717) is 43.7 Å². The summed E-state index contributed by atoms with van der Waals surface area (Å²) in [5.41, 5.74) is 0.636. The van der Waals surface area contributed by atoms with Gasteiger partial charge < -0.3 is 15.0 Å². The molecule has 172 valence electrons. The van der Waals surface area contributed by atoms with Gasteiger partial charge in [0.25, 0.3) is 11.8 Å². The van der Waals surface area contributed by atoms with Crippen molar-refractivity contribution in [1.29, 1.82) is 0 Å². The van der Waals surface area contributed by atoms with Gasteiger partial charge in [0, 0.05) is 19.1 Å². The Morgan fingerprint density at radius 2 is 1.59 bits per heavy atom. The van der Waals surface area contributed by atoms with Gasteiger partial charge in [-0.3, -0.25) is 9.59 Å². The Morgan fingerprint density at radius 3 is 2.19 bits per heavy atom. The highest BCUT2D eigenvalue weighted by Gasteiger charge is 2.29. The molecule has 0 radical (unpaired) electrons. The fraction of sp³-hybridized carbons (Fsp3) is 0.417. The van der Waals surface area contributed by atoms with Crippen molar-refractivity contribution >= 4 is 11.8 Å². The van der Waals surface area contributed by atoms with E-state index < -0.39 is 35.0 Å². The Balaban J connectivity index is 1.51. The van der Waals surface area contributed by atoms with Crippen LogP contribution in [0.4, 0.5) is 13.2 Å². The highest BCUT2D eigenvalue weighted by molar-refractivity contribution is 5.94. The number of nitrogens with one attached hydrogen (secondary N) is 1. The molecule has 1 saturated heterocycles. The minimum Gasteiger partial charge on any atom is -0.481 e. The number of carbonyl (C=O) groups is 2. The SMILES string of the molecule is CC(Oc1ccc(C(C)C)cc1)C(=O)N1CCC(NC(=O)c2ccc(F)c(F)c2F)CC1. The Labute approximate surface area is 185 Å². The van der Waals surface area contributed by atoms with Gasteiger partial charge in [-0.2, -0.15) is 0 Å². The van der Waals surface area contributed by atoms with Crippen LogP contribution in [-0.2, 0) is 4.79 Å². The van der Waals surface area contributed by atoms with Crippen LogP contribution in [0.3, 0.4) is 0 Å². The molecule has 5 nitrogen and oxygen atoms in total. The molecule has 1 unspecified atom stereocenters. The summed E-state index contributed by atoms with van der Waals surface area (Å²) >= 11 is 0. The normalized spacial score (nSPS) is 15.5. The zero-order valence-electron chi connectivity index (χ0n) is 18.3. The van der Waals surface area contributed by atoms with Crippen molar-refractivity contribution in [2.45, 2.75) is 51.7 Å². The zero-order chi connectivity index (χ0) is 23.4. The average molecular weight is 448 g/mol. The highest BCUT2D eigenvalue weighted by Crippen LogP contribution is 2.21. The van der Waals surface area contributed by atoms with Gasteiger partial charge >= 0.3 is 0 Å². The van der Waals surface area contributed by atoms with Gasteiger partial charge in [0.1, 0.15) is 5.75 Å². The summed E-state index contributed by atoms with van der Waals surface area (Å²) in [6.07, 6.45) is 0.249. The van der Waals surface area contributed by atoms with E-state index in [1.54, 1.807) is 11.8 Å². The minimum absolute atomic E-state index is 0.158. The van der Waals surface area contributed by atoms with E-state index in [-0.39, 0.29) is 11.9 Å². The second-order valence-electron chi connectivity index (χ2n) is 8.28. The summed E-state index contributed by atoms with van der Waals surface area (Å²) in [7, 11) is 0. The number of ether oxygens (including phenoxy) is 1. The van der Waals surface area contributed by atoms with E-state index >= 15 is 0 Å². The molecule has 1 heterocycles. The molecule has 1 fully saturated rings. The van der Waals surface area contributed by atoms with Crippen LogP contribution in [0.25, 0.3) is 0 Å². The van der Waals surface area contributed by atoms with Gasteiger partial charge in [-0.25, -0.2) is 13.2 Å².